The molecule has 0 radical (unpaired) electrons. The van der Waals surface area contributed by atoms with E-state index in [9.17, 15) is 9.59 Å². The number of hydrogen-bond donors (Lipinski definition) is 1. The molecule has 0 fully saturated rings. The van der Waals surface area contributed by atoms with Gasteiger partial charge in [0.2, 0.25) is 5.78 Å². The number of benzene rings is 2. The van der Waals surface area contributed by atoms with Gasteiger partial charge in [0.05, 0.1) is 5.56 Å². The van der Waals surface area contributed by atoms with Crippen LogP contribution in [0.5, 0.6) is 5.75 Å². The van der Waals surface area contributed by atoms with Gasteiger partial charge in [-0.2, -0.15) is 0 Å². The topological polar surface area (TPSA) is 55.4 Å². The van der Waals surface area contributed by atoms with Gasteiger partial charge in [-0.1, -0.05) is 24.3 Å². The lowest BCUT2D eigenvalue weighted by atomic mass is 9.95. The first-order valence-electron chi connectivity index (χ1n) is 6.38. The Bertz CT molecular complexity index is 781. The van der Waals surface area contributed by atoms with Crippen LogP contribution in [0.1, 0.15) is 31.8 Å². The van der Waals surface area contributed by atoms with Crippen LogP contribution in [0.4, 0.5) is 0 Å². The second-order valence-corrected chi connectivity index (χ2v) is 5.11. The minimum absolute atomic E-state index is 0.217. The number of fused-ring (bicyclic) bond motifs is 3. The van der Waals surface area contributed by atoms with Crippen LogP contribution in [0.25, 0.3) is 0 Å². The number of hydrogen-bond acceptors (Lipinski definition) is 3. The van der Waals surface area contributed by atoms with Crippen molar-refractivity contribution >= 4 is 11.7 Å². The second-order valence-electron chi connectivity index (χ2n) is 5.11. The number of Topliss-reactive ketones (excluding diaryl/α,β-unsaturated/α-hetero) is 1. The van der Waals surface area contributed by atoms with Crippen LogP contribution in [-0.4, -0.2) is 11.7 Å². The zero-order valence-corrected chi connectivity index (χ0v) is 10.8. The summed E-state index contributed by atoms with van der Waals surface area (Å²) in [6.07, 6.45) is 0. The molecule has 2 aliphatic rings. The van der Waals surface area contributed by atoms with E-state index in [4.69, 9.17) is 4.74 Å². The molecule has 1 spiro atoms. The smallest absolute Gasteiger partial charge is 0.274 e. The van der Waals surface area contributed by atoms with Crippen molar-refractivity contribution in [3.05, 3.63) is 64.7 Å². The average Bonchev–Trinajstić information content (AvgIpc) is 2.87. The normalized spacial score (nSPS) is 22.4. The summed E-state index contributed by atoms with van der Waals surface area (Å²) in [5.74, 6) is 0.0243. The van der Waals surface area contributed by atoms with Crippen molar-refractivity contribution in [2.45, 2.75) is 12.6 Å². The predicted octanol–water partition coefficient (Wildman–Crippen LogP) is 2.17. The number of carbonyl (C=O) groups is 2. The van der Waals surface area contributed by atoms with Gasteiger partial charge in [0.25, 0.3) is 11.6 Å². The first-order valence-corrected chi connectivity index (χ1v) is 6.38. The highest BCUT2D eigenvalue weighted by Crippen LogP contribution is 2.43. The number of rotatable bonds is 0. The molecule has 0 saturated heterocycles. The summed E-state index contributed by atoms with van der Waals surface area (Å²) in [7, 11) is 0. The van der Waals surface area contributed by atoms with Crippen LogP contribution < -0.4 is 10.1 Å². The molecule has 4 nitrogen and oxygen atoms in total. The van der Waals surface area contributed by atoms with Crippen LogP contribution in [0.15, 0.2) is 42.5 Å². The maximum Gasteiger partial charge on any atom is 0.274 e. The molecule has 1 N–H and O–H groups in total. The van der Waals surface area contributed by atoms with Crippen molar-refractivity contribution in [1.29, 1.82) is 0 Å². The molecular formula is C16H11NO3. The monoisotopic (exact) mass is 265 g/mol. The minimum Gasteiger partial charge on any atom is -0.455 e. The summed E-state index contributed by atoms with van der Waals surface area (Å²) in [5, 5.41) is 2.70. The van der Waals surface area contributed by atoms with Crippen molar-refractivity contribution in [3.63, 3.8) is 0 Å². The van der Waals surface area contributed by atoms with Crippen LogP contribution in [0.2, 0.25) is 0 Å². The second kappa shape index (κ2) is 3.48. The van der Waals surface area contributed by atoms with Crippen LogP contribution in [0.3, 0.4) is 0 Å². The molecule has 2 aromatic rings. The third-order valence-electron chi connectivity index (χ3n) is 3.81. The van der Waals surface area contributed by atoms with Crippen molar-refractivity contribution in [2.24, 2.45) is 0 Å². The molecule has 0 aromatic heterocycles. The highest BCUT2D eigenvalue weighted by molar-refractivity contribution is 6.14. The van der Waals surface area contributed by atoms with E-state index in [2.05, 4.69) is 5.32 Å². The molecule has 2 aliphatic heterocycles. The van der Waals surface area contributed by atoms with E-state index >= 15 is 0 Å². The molecular weight excluding hydrogens is 254 g/mol. The lowest BCUT2D eigenvalue weighted by molar-refractivity contribution is 0.0414. The third-order valence-corrected chi connectivity index (χ3v) is 3.81. The van der Waals surface area contributed by atoms with E-state index in [1.54, 1.807) is 30.3 Å². The van der Waals surface area contributed by atoms with Crippen LogP contribution >= 0.6 is 0 Å². The van der Waals surface area contributed by atoms with E-state index in [0.717, 1.165) is 5.56 Å². The van der Waals surface area contributed by atoms with Gasteiger partial charge >= 0.3 is 0 Å². The molecule has 1 amide bonds. The first-order chi connectivity index (χ1) is 9.62. The molecule has 98 valence electrons. The van der Waals surface area contributed by atoms with Gasteiger partial charge in [0.1, 0.15) is 5.75 Å². The maximum atomic E-state index is 12.7. The highest BCUT2D eigenvalue weighted by Gasteiger charge is 2.56. The Morgan fingerprint density at radius 2 is 1.85 bits per heavy atom. The first kappa shape index (κ1) is 11.2. The van der Waals surface area contributed by atoms with E-state index in [-0.39, 0.29) is 11.7 Å². The Morgan fingerprint density at radius 1 is 1.05 bits per heavy atom. The number of ketones is 1. The minimum atomic E-state index is -1.39. The summed E-state index contributed by atoms with van der Waals surface area (Å²) < 4.78 is 5.86. The molecule has 0 aliphatic carbocycles. The standard InChI is InChI=1S/C16H11NO3/c1-9-6-7-11-13(8-9)20-16(14(11)18)12-5-3-2-4-10(12)15(19)17-16/h2-8H,1H3,(H,17,19). The Balaban J connectivity index is 1.94. The molecule has 4 rings (SSSR count). The molecule has 2 heterocycles. The van der Waals surface area contributed by atoms with E-state index in [1.165, 1.54) is 0 Å². The van der Waals surface area contributed by atoms with Gasteiger partial charge in [-0.05, 0) is 30.7 Å². The Morgan fingerprint density at radius 3 is 2.70 bits per heavy atom. The molecule has 0 saturated carbocycles. The number of amides is 1. The molecule has 20 heavy (non-hydrogen) atoms. The van der Waals surface area contributed by atoms with Crippen molar-refractivity contribution in [3.8, 4) is 5.75 Å². The Kier molecular flexibility index (Phi) is 1.95. The maximum absolute atomic E-state index is 12.7. The summed E-state index contributed by atoms with van der Waals surface area (Å²) in [6.45, 7) is 1.93. The fraction of sp³-hybridized carbons (Fsp3) is 0.125. The Labute approximate surface area is 115 Å². The summed E-state index contributed by atoms with van der Waals surface area (Å²) in [4.78, 5) is 24.7. The van der Waals surface area contributed by atoms with Gasteiger partial charge in [-0.25, -0.2) is 0 Å². The number of carbonyl (C=O) groups excluding carboxylic acids is 2. The third kappa shape index (κ3) is 1.20. The van der Waals surface area contributed by atoms with Crippen LogP contribution in [-0.2, 0) is 5.72 Å². The lowest BCUT2D eigenvalue weighted by Gasteiger charge is -2.22. The van der Waals surface area contributed by atoms with Crippen molar-refractivity contribution in [1.82, 2.24) is 5.32 Å². The van der Waals surface area contributed by atoms with Gasteiger partial charge in [0.15, 0.2) is 0 Å². The highest BCUT2D eigenvalue weighted by atomic mass is 16.5. The molecule has 2 aromatic carbocycles. The Hall–Kier alpha value is -2.62. The zero-order valence-electron chi connectivity index (χ0n) is 10.8. The SMILES string of the molecule is Cc1ccc2c(c1)OC1(NC(=O)c3ccccc31)C2=O. The molecule has 0 bridgehead atoms. The van der Waals surface area contributed by atoms with Gasteiger partial charge < -0.3 is 10.1 Å². The van der Waals surface area contributed by atoms with Crippen molar-refractivity contribution < 1.29 is 14.3 Å². The number of aryl methyl sites for hydroxylation is 1. The van der Waals surface area contributed by atoms with Crippen LogP contribution in [0, 0.1) is 6.92 Å². The van der Waals surface area contributed by atoms with E-state index in [1.807, 2.05) is 19.1 Å². The average molecular weight is 265 g/mol. The summed E-state index contributed by atoms with van der Waals surface area (Å²) >= 11 is 0. The zero-order chi connectivity index (χ0) is 13.9. The quantitative estimate of drug-likeness (QED) is 0.794. The predicted molar refractivity (Wildman–Crippen MR) is 71.7 cm³/mol. The van der Waals surface area contributed by atoms with Gasteiger partial charge in [0, 0.05) is 11.1 Å². The van der Waals surface area contributed by atoms with E-state index < -0.39 is 5.72 Å². The number of ether oxygens (including phenoxy) is 1. The van der Waals surface area contributed by atoms with Gasteiger partial charge in [-0.3, -0.25) is 9.59 Å². The van der Waals surface area contributed by atoms with E-state index in [0.29, 0.717) is 22.4 Å². The number of nitrogens with one attached hydrogen (secondary N) is 1. The molecule has 4 heteroatoms. The van der Waals surface area contributed by atoms with Crippen molar-refractivity contribution in [2.75, 3.05) is 0 Å². The molecule has 1 atom stereocenters. The molecule has 1 unspecified atom stereocenters. The summed E-state index contributed by atoms with van der Waals surface area (Å²) in [5.41, 5.74) is 1.21. The van der Waals surface area contributed by atoms with Gasteiger partial charge in [-0.15, -0.1) is 0 Å². The fourth-order valence-corrected chi connectivity index (χ4v) is 2.84. The lowest BCUT2D eigenvalue weighted by Crippen LogP contribution is -2.47. The summed E-state index contributed by atoms with van der Waals surface area (Å²) in [6, 6.07) is 12.4. The largest absolute Gasteiger partial charge is 0.455 e. The fourth-order valence-electron chi connectivity index (χ4n) is 2.84.